The molecule has 0 bridgehead atoms. The highest BCUT2D eigenvalue weighted by Crippen LogP contribution is 2.11. The third-order valence-electron chi connectivity index (χ3n) is 1.82. The number of esters is 1. The van der Waals surface area contributed by atoms with Crippen LogP contribution in [0.4, 0.5) is 4.79 Å². The van der Waals surface area contributed by atoms with Crippen LogP contribution in [0, 0.1) is 0 Å². The minimum atomic E-state index is -1.36. The molecule has 1 rings (SSSR count). The zero-order valence-corrected chi connectivity index (χ0v) is 7.73. The van der Waals surface area contributed by atoms with E-state index < -0.39 is 18.2 Å². The van der Waals surface area contributed by atoms with Gasteiger partial charge in [0.05, 0.1) is 0 Å². The summed E-state index contributed by atoms with van der Waals surface area (Å²) in [7, 11) is 0. The van der Waals surface area contributed by atoms with E-state index in [9.17, 15) is 14.4 Å². The Labute approximate surface area is 80.4 Å². The molecule has 0 aromatic rings. The molecule has 1 unspecified atom stereocenters. The number of hydrogen-bond donors (Lipinski definition) is 1. The maximum absolute atomic E-state index is 11.1. The summed E-state index contributed by atoms with van der Waals surface area (Å²) >= 11 is 0. The molecule has 6 nitrogen and oxygen atoms in total. The molecule has 1 fully saturated rings. The number of carbonyl (C=O) groups is 3. The Morgan fingerprint density at radius 1 is 1.57 bits per heavy atom. The molecule has 0 aromatic carbocycles. The van der Waals surface area contributed by atoms with Gasteiger partial charge in [-0.3, -0.25) is 4.79 Å². The second-order valence-electron chi connectivity index (χ2n) is 3.01. The number of ether oxygens (including phenoxy) is 1. The molecular formula is C8H11NO5. The molecule has 1 saturated heterocycles. The Kier molecular flexibility index (Phi) is 3.19. The molecule has 0 saturated carbocycles. The predicted octanol–water partition coefficient (Wildman–Crippen LogP) is -0.347. The molecule has 78 valence electrons. The van der Waals surface area contributed by atoms with Crippen molar-refractivity contribution in [3.05, 3.63) is 0 Å². The number of rotatable bonds is 1. The fourth-order valence-electron chi connectivity index (χ4n) is 1.07. The maximum atomic E-state index is 11.1. The van der Waals surface area contributed by atoms with Crippen molar-refractivity contribution in [2.45, 2.75) is 25.9 Å². The Bertz CT molecular complexity index is 273. The van der Waals surface area contributed by atoms with Crippen LogP contribution in [-0.4, -0.2) is 40.6 Å². The van der Waals surface area contributed by atoms with Gasteiger partial charge in [-0.25, -0.2) is 14.5 Å². The van der Waals surface area contributed by atoms with Crippen molar-refractivity contribution < 1.29 is 24.2 Å². The Morgan fingerprint density at radius 3 is 2.64 bits per heavy atom. The zero-order chi connectivity index (χ0) is 10.7. The first-order valence-electron chi connectivity index (χ1n) is 4.26. The third-order valence-corrected chi connectivity index (χ3v) is 1.82. The summed E-state index contributed by atoms with van der Waals surface area (Å²) < 4.78 is 4.24. The van der Waals surface area contributed by atoms with Gasteiger partial charge in [0.15, 0.2) is 0 Å². The van der Waals surface area contributed by atoms with E-state index in [-0.39, 0.29) is 18.9 Å². The minimum absolute atomic E-state index is 0.269. The highest BCUT2D eigenvalue weighted by Gasteiger charge is 2.29. The Balaban J connectivity index is 2.50. The van der Waals surface area contributed by atoms with Gasteiger partial charge < -0.3 is 9.84 Å². The standard InChI is InChI=1S/C8H11NO5/c1-5(10)7(12)14-8(13)9-4-2-3-6(9)11/h5,10H,2-4H2,1H3. The van der Waals surface area contributed by atoms with Crippen LogP contribution in [0.2, 0.25) is 0 Å². The van der Waals surface area contributed by atoms with Crippen LogP contribution in [0.15, 0.2) is 0 Å². The topological polar surface area (TPSA) is 83.9 Å². The first-order chi connectivity index (χ1) is 6.52. The van der Waals surface area contributed by atoms with Crippen LogP contribution in [-0.2, 0) is 14.3 Å². The molecular weight excluding hydrogens is 190 g/mol. The maximum Gasteiger partial charge on any atom is 0.424 e. The number of aliphatic hydroxyl groups excluding tert-OH is 1. The Hall–Kier alpha value is -1.43. The predicted molar refractivity (Wildman–Crippen MR) is 44.1 cm³/mol. The molecule has 0 radical (unpaired) electrons. The summed E-state index contributed by atoms with van der Waals surface area (Å²) in [5, 5.41) is 8.75. The van der Waals surface area contributed by atoms with Crippen LogP contribution in [0.3, 0.4) is 0 Å². The van der Waals surface area contributed by atoms with E-state index in [0.29, 0.717) is 6.42 Å². The molecule has 1 N–H and O–H groups in total. The number of imide groups is 1. The summed E-state index contributed by atoms with van der Waals surface area (Å²) in [4.78, 5) is 33.8. The summed E-state index contributed by atoms with van der Waals surface area (Å²) in [5.74, 6) is -1.40. The Morgan fingerprint density at radius 2 is 2.21 bits per heavy atom. The van der Waals surface area contributed by atoms with E-state index in [4.69, 9.17) is 5.11 Å². The smallest absolute Gasteiger partial charge is 0.382 e. The van der Waals surface area contributed by atoms with Crippen molar-refractivity contribution in [3.8, 4) is 0 Å². The van der Waals surface area contributed by atoms with Gasteiger partial charge in [-0.1, -0.05) is 0 Å². The number of likely N-dealkylation sites (tertiary alicyclic amines) is 1. The van der Waals surface area contributed by atoms with E-state index in [1.807, 2.05) is 0 Å². The molecule has 0 aliphatic carbocycles. The highest BCUT2D eigenvalue weighted by molar-refractivity contribution is 5.97. The second-order valence-corrected chi connectivity index (χ2v) is 3.01. The van der Waals surface area contributed by atoms with Gasteiger partial charge in [-0.2, -0.15) is 0 Å². The van der Waals surface area contributed by atoms with Gasteiger partial charge in [0.25, 0.3) is 0 Å². The largest absolute Gasteiger partial charge is 0.424 e. The number of amides is 2. The van der Waals surface area contributed by atoms with E-state index >= 15 is 0 Å². The highest BCUT2D eigenvalue weighted by atomic mass is 16.6. The van der Waals surface area contributed by atoms with Crippen molar-refractivity contribution >= 4 is 18.0 Å². The van der Waals surface area contributed by atoms with Gasteiger partial charge in [0.1, 0.15) is 6.10 Å². The molecule has 14 heavy (non-hydrogen) atoms. The van der Waals surface area contributed by atoms with E-state index in [1.54, 1.807) is 0 Å². The number of carbonyl (C=O) groups excluding carboxylic acids is 3. The van der Waals surface area contributed by atoms with E-state index in [0.717, 1.165) is 4.90 Å². The number of aliphatic hydroxyl groups is 1. The molecule has 1 heterocycles. The monoisotopic (exact) mass is 201 g/mol. The van der Waals surface area contributed by atoms with Crippen LogP contribution < -0.4 is 0 Å². The molecule has 1 aliphatic heterocycles. The van der Waals surface area contributed by atoms with Gasteiger partial charge in [0.2, 0.25) is 5.91 Å². The van der Waals surface area contributed by atoms with E-state index in [1.165, 1.54) is 6.92 Å². The van der Waals surface area contributed by atoms with E-state index in [2.05, 4.69) is 4.74 Å². The minimum Gasteiger partial charge on any atom is -0.382 e. The molecule has 2 amide bonds. The van der Waals surface area contributed by atoms with Crippen LogP contribution in [0.25, 0.3) is 0 Å². The normalized spacial score (nSPS) is 18.1. The molecule has 6 heteroatoms. The summed E-state index contributed by atoms with van der Waals surface area (Å²) in [6.45, 7) is 1.45. The number of hydrogen-bond acceptors (Lipinski definition) is 5. The number of nitrogens with zero attached hydrogens (tertiary/aromatic N) is 1. The van der Waals surface area contributed by atoms with Crippen molar-refractivity contribution in [1.29, 1.82) is 0 Å². The van der Waals surface area contributed by atoms with Crippen molar-refractivity contribution in [1.82, 2.24) is 4.90 Å². The zero-order valence-electron chi connectivity index (χ0n) is 7.73. The average Bonchev–Trinajstić information content (AvgIpc) is 2.51. The lowest BCUT2D eigenvalue weighted by molar-refractivity contribution is -0.147. The molecule has 1 aliphatic rings. The fraction of sp³-hybridized carbons (Fsp3) is 0.625. The first kappa shape index (κ1) is 10.6. The molecule has 0 spiro atoms. The lowest BCUT2D eigenvalue weighted by Crippen LogP contribution is -2.36. The fourth-order valence-corrected chi connectivity index (χ4v) is 1.07. The summed E-state index contributed by atoms with van der Waals surface area (Å²) in [6, 6.07) is 0. The lowest BCUT2D eigenvalue weighted by atomic mass is 10.4. The SMILES string of the molecule is CC(O)C(=O)OC(=O)N1CCCC1=O. The van der Waals surface area contributed by atoms with Crippen molar-refractivity contribution in [2.24, 2.45) is 0 Å². The first-order valence-corrected chi connectivity index (χ1v) is 4.26. The van der Waals surface area contributed by atoms with Crippen molar-refractivity contribution in [2.75, 3.05) is 6.54 Å². The molecule has 1 atom stereocenters. The van der Waals surface area contributed by atoms with Gasteiger partial charge in [-0.05, 0) is 13.3 Å². The lowest BCUT2D eigenvalue weighted by Gasteiger charge is -2.12. The average molecular weight is 201 g/mol. The van der Waals surface area contributed by atoms with Crippen LogP contribution in [0.5, 0.6) is 0 Å². The summed E-state index contributed by atoms with van der Waals surface area (Å²) in [5.41, 5.74) is 0. The molecule has 0 aromatic heterocycles. The summed E-state index contributed by atoms with van der Waals surface area (Å²) in [6.07, 6.45) is -1.50. The van der Waals surface area contributed by atoms with Gasteiger partial charge in [0, 0.05) is 13.0 Å². The van der Waals surface area contributed by atoms with Crippen molar-refractivity contribution in [3.63, 3.8) is 0 Å². The van der Waals surface area contributed by atoms with Crippen LogP contribution in [0.1, 0.15) is 19.8 Å². The van der Waals surface area contributed by atoms with Gasteiger partial charge in [-0.15, -0.1) is 0 Å². The van der Waals surface area contributed by atoms with Gasteiger partial charge >= 0.3 is 12.1 Å². The third kappa shape index (κ3) is 2.29. The van der Waals surface area contributed by atoms with Crippen LogP contribution >= 0.6 is 0 Å². The quantitative estimate of drug-likeness (QED) is 0.463. The second kappa shape index (κ2) is 4.19.